The van der Waals surface area contributed by atoms with Gasteiger partial charge in [0.15, 0.2) is 40.8 Å². The van der Waals surface area contributed by atoms with Crippen LogP contribution in [-0.4, -0.2) is 134 Å². The lowest BCUT2D eigenvalue weighted by atomic mass is 9.89. The van der Waals surface area contributed by atoms with E-state index in [9.17, 15) is 43.5 Å². The topological polar surface area (TPSA) is 255 Å². The molecule has 1 saturated carbocycles. The SMILES string of the molecule is COc1ccc(C2=CN3C(=O)c4cc(OC)c(OCCCOc5cc6c(cc5OC)C(=O)N5CC7(CC7)C[C@H]5[C@H](O)N6C(=O)OCc5ccc(CC(=O)[C@H](C)NC(=O)[C@@H](CC(=O)CNC(=O)CCC(=O)OC6Cc7ccccc7C#Cc7ccccc76)C(C)C)cc5)cc4CC[C@@H]3C2)cc1. The van der Waals surface area contributed by atoms with Gasteiger partial charge >= 0.3 is 12.1 Å². The Morgan fingerprint density at radius 3 is 2.11 bits per heavy atom. The van der Waals surface area contributed by atoms with Gasteiger partial charge in [-0.05, 0) is 133 Å². The maximum Gasteiger partial charge on any atom is 0.416 e. The molecule has 520 valence electrons. The van der Waals surface area contributed by atoms with Crippen LogP contribution < -0.4 is 39.2 Å². The maximum atomic E-state index is 14.5. The summed E-state index contributed by atoms with van der Waals surface area (Å²) in [4.78, 5) is 114. The van der Waals surface area contributed by atoms with E-state index >= 15 is 0 Å². The van der Waals surface area contributed by atoms with Crippen LogP contribution in [0.5, 0.6) is 28.7 Å². The van der Waals surface area contributed by atoms with Gasteiger partial charge in [0.05, 0.1) is 70.8 Å². The van der Waals surface area contributed by atoms with Gasteiger partial charge < -0.3 is 58.7 Å². The molecule has 6 atom stereocenters. The normalized spacial score (nSPS) is 18.8. The zero-order chi connectivity index (χ0) is 70.4. The predicted molar refractivity (Wildman–Crippen MR) is 370 cm³/mol. The van der Waals surface area contributed by atoms with E-state index in [0.29, 0.717) is 60.4 Å². The zero-order valence-corrected chi connectivity index (χ0v) is 57.1. The Bertz CT molecular complexity index is 4240. The third-order valence-electron chi connectivity index (χ3n) is 19.9. The molecule has 6 aromatic rings. The van der Waals surface area contributed by atoms with Crippen LogP contribution in [0.1, 0.15) is 150 Å². The van der Waals surface area contributed by atoms with Crippen molar-refractivity contribution in [1.82, 2.24) is 20.4 Å². The highest BCUT2D eigenvalue weighted by Gasteiger charge is 2.58. The maximum absolute atomic E-state index is 14.5. The number of hydrogen-bond donors (Lipinski definition) is 3. The number of nitrogens with one attached hydrogen (secondary N) is 2. The second kappa shape index (κ2) is 30.3. The monoisotopic (exact) mass is 1360 g/mol. The van der Waals surface area contributed by atoms with Crippen molar-refractivity contribution in [3.8, 4) is 40.6 Å². The largest absolute Gasteiger partial charge is 0.497 e. The van der Waals surface area contributed by atoms with Crippen LogP contribution in [0.15, 0.2) is 128 Å². The molecule has 0 aromatic heterocycles. The van der Waals surface area contributed by atoms with Gasteiger partial charge in [-0.3, -0.25) is 33.6 Å². The van der Waals surface area contributed by atoms with Gasteiger partial charge in [0.25, 0.3) is 11.8 Å². The van der Waals surface area contributed by atoms with Crippen LogP contribution in [0.3, 0.4) is 0 Å². The first-order chi connectivity index (χ1) is 48.3. The Labute approximate surface area is 581 Å². The molecule has 21 nitrogen and oxygen atoms in total. The van der Waals surface area contributed by atoms with Crippen molar-refractivity contribution >= 4 is 58.5 Å². The van der Waals surface area contributed by atoms with Gasteiger partial charge in [0.2, 0.25) is 11.8 Å². The lowest BCUT2D eigenvalue weighted by Gasteiger charge is -2.31. The van der Waals surface area contributed by atoms with Crippen LogP contribution in [0.2, 0.25) is 0 Å². The van der Waals surface area contributed by atoms with E-state index in [1.165, 1.54) is 26.4 Å². The molecule has 1 saturated heterocycles. The number of aryl methyl sites for hydroxylation is 1. The number of carbonyl (C=O) groups excluding carboxylic acids is 8. The standard InChI is InChI=1S/C79H83N5O16/c1-47(2)61(38-58(85)43-80-72(87)28-29-73(88)100-67-36-54-14-8-7-12-51(54)20-21-53-13-9-10-15-60(53)67)74(89)81-48(3)66(86)34-49-16-18-50(19-17-49)45-99-78(93)84-64-41-71(69(96-6)40-63(64)76(91)83-46-79(30-31-79)42-65(83)77(84)92)98-33-11-32-97-70-37-55-22-25-57-35-56(52-23-26-59(94-4)27-24-52)44-82(57)75(90)62(55)39-68(70)95-5/h7-10,12-19,23-24,26-27,37,39-41,44,47-48,57,61,65,67,77,92H,11,22,25,28-36,38,42-43,45-46H2,1-6H3,(H,80,87)(H,81,89)/t48-,57+,61-,65-,67?,77-/m0/s1. The van der Waals surface area contributed by atoms with Gasteiger partial charge in [-0.25, -0.2) is 9.69 Å². The van der Waals surface area contributed by atoms with Crippen molar-refractivity contribution in [1.29, 1.82) is 0 Å². The molecule has 2 fully saturated rings. The molecule has 3 N–H and O–H groups in total. The van der Waals surface area contributed by atoms with Crippen LogP contribution in [-0.2, 0) is 59.3 Å². The number of benzene rings is 6. The Morgan fingerprint density at radius 1 is 0.720 bits per heavy atom. The lowest BCUT2D eigenvalue weighted by molar-refractivity contribution is -0.150. The van der Waals surface area contributed by atoms with Crippen LogP contribution in [0.4, 0.5) is 10.5 Å². The number of carbonyl (C=O) groups is 8. The molecule has 0 radical (unpaired) electrons. The number of fused-ring (bicyclic) bond motifs is 6. The molecule has 1 unspecified atom stereocenters. The first-order valence-electron chi connectivity index (χ1n) is 34.2. The number of amides is 5. The summed E-state index contributed by atoms with van der Waals surface area (Å²) in [7, 11) is 4.62. The number of rotatable bonds is 26. The first kappa shape index (κ1) is 69.4. The number of aliphatic hydroxyl groups excluding tert-OH is 1. The average molecular weight is 1360 g/mol. The summed E-state index contributed by atoms with van der Waals surface area (Å²) in [5.74, 6) is 4.68. The van der Waals surface area contributed by atoms with Gasteiger partial charge in [0, 0.05) is 85.1 Å². The third kappa shape index (κ3) is 15.5. The summed E-state index contributed by atoms with van der Waals surface area (Å²) >= 11 is 0. The summed E-state index contributed by atoms with van der Waals surface area (Å²) in [5.41, 5.74) is 8.15. The highest BCUT2D eigenvalue weighted by Crippen LogP contribution is 2.57. The molecule has 4 aliphatic heterocycles. The molecule has 21 heteroatoms. The summed E-state index contributed by atoms with van der Waals surface area (Å²) in [6.07, 6.45) is 3.55. The van der Waals surface area contributed by atoms with Gasteiger partial charge in [0.1, 0.15) is 18.5 Å². The molecule has 0 bridgehead atoms. The summed E-state index contributed by atoms with van der Waals surface area (Å²) in [5, 5.41) is 17.6. The Hall–Kier alpha value is -10.5. The smallest absolute Gasteiger partial charge is 0.416 e. The quantitative estimate of drug-likeness (QED) is 0.0259. The predicted octanol–water partition coefficient (Wildman–Crippen LogP) is 10.2. The fourth-order valence-corrected chi connectivity index (χ4v) is 14.0. The summed E-state index contributed by atoms with van der Waals surface area (Å²) in [6, 6.07) is 34.9. The van der Waals surface area contributed by atoms with Crippen molar-refractivity contribution < 1.29 is 76.6 Å². The van der Waals surface area contributed by atoms with E-state index in [0.717, 1.165) is 75.3 Å². The molecule has 12 rings (SSSR count). The second-order valence-electron chi connectivity index (χ2n) is 27.0. The number of ether oxygens (including phenoxy) is 7. The number of Topliss-reactive ketones (excluding diaryl/α,β-unsaturated/α-hetero) is 2. The summed E-state index contributed by atoms with van der Waals surface area (Å²) in [6.45, 7) is 5.33. The molecule has 2 aliphatic carbocycles. The number of hydrogen-bond acceptors (Lipinski definition) is 16. The molecular weight excluding hydrogens is 1270 g/mol. The van der Waals surface area contributed by atoms with Crippen molar-refractivity contribution in [3.05, 3.63) is 183 Å². The zero-order valence-electron chi connectivity index (χ0n) is 57.1. The third-order valence-corrected chi connectivity index (χ3v) is 19.9. The van der Waals surface area contributed by atoms with E-state index in [2.05, 4.69) is 22.5 Å². The lowest BCUT2D eigenvalue weighted by Crippen LogP contribution is -2.50. The number of aliphatic hydroxyl groups is 1. The van der Waals surface area contributed by atoms with Crippen LogP contribution in [0, 0.1) is 29.1 Å². The molecular formula is C79H83N5O16. The molecule has 6 aromatic carbocycles. The highest BCUT2D eigenvalue weighted by atomic mass is 16.6. The molecule has 100 heavy (non-hydrogen) atoms. The van der Waals surface area contributed by atoms with E-state index in [1.807, 2.05) is 90.0 Å². The van der Waals surface area contributed by atoms with Crippen molar-refractivity contribution in [2.75, 3.05) is 52.5 Å². The second-order valence-corrected chi connectivity index (χ2v) is 27.0. The van der Waals surface area contributed by atoms with Crippen molar-refractivity contribution in [2.45, 2.75) is 135 Å². The minimum Gasteiger partial charge on any atom is -0.497 e. The molecule has 1 spiro atoms. The number of nitrogens with zero attached hydrogens (tertiary/aromatic N) is 3. The number of esters is 1. The van der Waals surface area contributed by atoms with Gasteiger partial charge in [-0.1, -0.05) is 98.5 Å². The highest BCUT2D eigenvalue weighted by molar-refractivity contribution is 6.06. The average Bonchev–Trinajstić information content (AvgIpc) is 1.56. The Kier molecular flexibility index (Phi) is 21.1. The fourth-order valence-electron chi connectivity index (χ4n) is 14.0. The van der Waals surface area contributed by atoms with Crippen LogP contribution >= 0.6 is 0 Å². The van der Waals surface area contributed by atoms with E-state index in [1.54, 1.807) is 63.1 Å². The van der Waals surface area contributed by atoms with Crippen molar-refractivity contribution in [2.24, 2.45) is 17.3 Å². The van der Waals surface area contributed by atoms with E-state index in [-0.39, 0.29) is 110 Å². The van der Waals surface area contributed by atoms with E-state index < -0.39 is 60.0 Å². The van der Waals surface area contributed by atoms with Crippen LogP contribution in [0.25, 0.3) is 5.57 Å². The van der Waals surface area contributed by atoms with Gasteiger partial charge in [-0.15, -0.1) is 0 Å². The minimum atomic E-state index is -1.47. The first-order valence-corrected chi connectivity index (χ1v) is 34.2. The summed E-state index contributed by atoms with van der Waals surface area (Å²) < 4.78 is 41.3. The number of methoxy groups -OCH3 is 3. The van der Waals surface area contributed by atoms with Gasteiger partial charge in [-0.2, -0.15) is 0 Å². The Balaban J connectivity index is 0.619. The Morgan fingerprint density at radius 2 is 1.40 bits per heavy atom. The van der Waals surface area contributed by atoms with Crippen molar-refractivity contribution in [3.63, 3.8) is 0 Å². The van der Waals surface area contributed by atoms with E-state index in [4.69, 9.17) is 33.2 Å². The fraction of sp³-hybridized carbons (Fsp3) is 0.392. The molecule has 6 aliphatic rings. The molecule has 4 heterocycles. The minimum absolute atomic E-state index is 0.00964. The number of anilines is 1. The number of ketones is 2. The molecule has 5 amide bonds.